The maximum absolute atomic E-state index is 12.4. The summed E-state index contributed by atoms with van der Waals surface area (Å²) in [5.41, 5.74) is 1.77. The van der Waals surface area contributed by atoms with Crippen molar-refractivity contribution >= 4 is 27.7 Å². The van der Waals surface area contributed by atoms with Crippen LogP contribution in [0.15, 0.2) is 83.3 Å². The second kappa shape index (κ2) is 9.14. The van der Waals surface area contributed by atoms with Crippen LogP contribution in [0.5, 0.6) is 5.75 Å². The highest BCUT2D eigenvalue weighted by atomic mass is 79.9. The lowest BCUT2D eigenvalue weighted by atomic mass is 10.1. The van der Waals surface area contributed by atoms with Crippen LogP contribution in [0, 0.1) is 0 Å². The van der Waals surface area contributed by atoms with Crippen LogP contribution in [0.4, 0.5) is 0 Å². The molecule has 0 fully saturated rings. The van der Waals surface area contributed by atoms with Crippen molar-refractivity contribution in [3.05, 3.63) is 100 Å². The number of carbonyl (C=O) groups excluding carboxylic acids is 2. The number of Topliss-reactive ketones (excluding diaryl/α,β-unsaturated/α-hetero) is 1. The molecule has 0 aliphatic heterocycles. The van der Waals surface area contributed by atoms with E-state index in [0.717, 1.165) is 10.0 Å². The van der Waals surface area contributed by atoms with E-state index in [9.17, 15) is 9.59 Å². The van der Waals surface area contributed by atoms with Gasteiger partial charge in [-0.2, -0.15) is 0 Å². The number of esters is 1. The summed E-state index contributed by atoms with van der Waals surface area (Å²) in [6.07, 6.45) is 0. The fraction of sp³-hybridized carbons (Fsp3) is 0.0909. The van der Waals surface area contributed by atoms with Gasteiger partial charge in [0.15, 0.2) is 12.4 Å². The maximum Gasteiger partial charge on any atom is 0.342 e. The van der Waals surface area contributed by atoms with Gasteiger partial charge in [0, 0.05) is 10.0 Å². The van der Waals surface area contributed by atoms with Crippen LogP contribution >= 0.6 is 15.9 Å². The number of hydrogen-bond donors (Lipinski definition) is 0. The molecule has 0 atom stereocenters. The Bertz CT molecular complexity index is 921. The summed E-state index contributed by atoms with van der Waals surface area (Å²) in [6, 6.07) is 23.4. The van der Waals surface area contributed by atoms with Gasteiger partial charge in [-0.1, -0.05) is 70.5 Å². The summed E-state index contributed by atoms with van der Waals surface area (Å²) in [6.45, 7) is 0.0104. The Balaban J connectivity index is 1.62. The number of ketones is 1. The molecular formula is C22H17BrO4. The summed E-state index contributed by atoms with van der Waals surface area (Å²) in [5, 5.41) is 0. The molecule has 0 spiro atoms. The van der Waals surface area contributed by atoms with Crippen molar-refractivity contribution in [2.75, 3.05) is 6.61 Å². The average molecular weight is 425 g/mol. The number of carbonyl (C=O) groups is 2. The molecule has 0 amide bonds. The molecule has 0 aromatic heterocycles. The van der Waals surface area contributed by atoms with Crippen molar-refractivity contribution in [1.29, 1.82) is 0 Å². The van der Waals surface area contributed by atoms with E-state index in [1.807, 2.05) is 30.3 Å². The lowest BCUT2D eigenvalue weighted by Crippen LogP contribution is -2.15. The minimum atomic E-state index is -0.593. The molecule has 3 rings (SSSR count). The number of benzene rings is 3. The Labute approximate surface area is 165 Å². The fourth-order valence-electron chi connectivity index (χ4n) is 2.42. The summed E-state index contributed by atoms with van der Waals surface area (Å²) >= 11 is 3.32. The van der Waals surface area contributed by atoms with Gasteiger partial charge in [0.25, 0.3) is 0 Å². The molecule has 0 saturated heterocycles. The van der Waals surface area contributed by atoms with E-state index in [0.29, 0.717) is 17.9 Å². The molecule has 0 radical (unpaired) electrons. The van der Waals surface area contributed by atoms with Crippen molar-refractivity contribution in [3.8, 4) is 5.75 Å². The van der Waals surface area contributed by atoms with Crippen molar-refractivity contribution in [2.24, 2.45) is 0 Å². The molecule has 0 saturated carbocycles. The highest BCUT2D eigenvalue weighted by Crippen LogP contribution is 2.20. The molecule has 0 aliphatic carbocycles. The van der Waals surface area contributed by atoms with Crippen molar-refractivity contribution in [1.82, 2.24) is 0 Å². The molecular weight excluding hydrogens is 408 g/mol. The molecule has 0 unspecified atom stereocenters. The highest BCUT2D eigenvalue weighted by Gasteiger charge is 2.16. The summed E-state index contributed by atoms with van der Waals surface area (Å²) in [7, 11) is 0. The first-order chi connectivity index (χ1) is 13.1. The SMILES string of the molecule is O=C(COC(=O)c1ccccc1OCc1ccccc1)c1ccc(Br)cc1. The Morgan fingerprint density at radius 1 is 0.815 bits per heavy atom. The number of halogens is 1. The molecule has 0 bridgehead atoms. The zero-order valence-corrected chi connectivity index (χ0v) is 16.0. The van der Waals surface area contributed by atoms with Crippen LogP contribution < -0.4 is 4.74 Å². The number of ether oxygens (including phenoxy) is 2. The van der Waals surface area contributed by atoms with E-state index < -0.39 is 5.97 Å². The van der Waals surface area contributed by atoms with Gasteiger partial charge < -0.3 is 9.47 Å². The zero-order chi connectivity index (χ0) is 19.1. The van der Waals surface area contributed by atoms with Crippen molar-refractivity contribution in [3.63, 3.8) is 0 Å². The van der Waals surface area contributed by atoms with Crippen molar-refractivity contribution < 1.29 is 19.1 Å². The first-order valence-corrected chi connectivity index (χ1v) is 9.14. The van der Waals surface area contributed by atoms with Crippen LogP contribution in [0.2, 0.25) is 0 Å². The normalized spacial score (nSPS) is 10.3. The zero-order valence-electron chi connectivity index (χ0n) is 14.4. The number of hydrogen-bond acceptors (Lipinski definition) is 4. The van der Waals surface area contributed by atoms with Gasteiger partial charge in [-0.15, -0.1) is 0 Å². The number of rotatable bonds is 7. The van der Waals surface area contributed by atoms with Gasteiger partial charge in [0.1, 0.15) is 17.9 Å². The van der Waals surface area contributed by atoms with Crippen LogP contribution in [-0.2, 0) is 11.3 Å². The molecule has 4 nitrogen and oxygen atoms in total. The summed E-state index contributed by atoms with van der Waals surface area (Å²) < 4.78 is 11.8. The first kappa shape index (κ1) is 18.9. The van der Waals surface area contributed by atoms with Gasteiger partial charge >= 0.3 is 5.97 Å². The highest BCUT2D eigenvalue weighted by molar-refractivity contribution is 9.10. The monoisotopic (exact) mass is 424 g/mol. The molecule has 3 aromatic rings. The van der Waals surface area contributed by atoms with Gasteiger partial charge in [-0.3, -0.25) is 4.79 Å². The van der Waals surface area contributed by atoms with E-state index in [1.165, 1.54) is 0 Å². The molecule has 27 heavy (non-hydrogen) atoms. The molecule has 0 N–H and O–H groups in total. The maximum atomic E-state index is 12.4. The second-order valence-corrected chi connectivity index (χ2v) is 6.69. The smallest absolute Gasteiger partial charge is 0.342 e. The Morgan fingerprint density at radius 3 is 2.22 bits per heavy atom. The van der Waals surface area contributed by atoms with Gasteiger partial charge in [0.2, 0.25) is 0 Å². The fourth-order valence-corrected chi connectivity index (χ4v) is 2.69. The van der Waals surface area contributed by atoms with E-state index in [-0.39, 0.29) is 18.0 Å². The standard InChI is InChI=1S/C22H17BrO4/c23-18-12-10-17(11-13-18)20(24)15-27-22(25)19-8-4-5-9-21(19)26-14-16-6-2-1-3-7-16/h1-13H,14-15H2. The van der Waals surface area contributed by atoms with E-state index in [4.69, 9.17) is 9.47 Å². The van der Waals surface area contributed by atoms with E-state index >= 15 is 0 Å². The minimum absolute atomic E-state index is 0.265. The van der Waals surface area contributed by atoms with Crippen LogP contribution in [0.25, 0.3) is 0 Å². The van der Waals surface area contributed by atoms with Crippen LogP contribution in [0.1, 0.15) is 26.3 Å². The predicted molar refractivity (Wildman–Crippen MR) is 106 cm³/mol. The summed E-state index contributed by atoms with van der Waals surface area (Å²) in [5.74, 6) is -0.440. The summed E-state index contributed by atoms with van der Waals surface area (Å²) in [4.78, 5) is 24.6. The molecule has 3 aromatic carbocycles. The van der Waals surface area contributed by atoms with E-state index in [1.54, 1.807) is 48.5 Å². The Morgan fingerprint density at radius 2 is 1.48 bits per heavy atom. The Kier molecular flexibility index (Phi) is 6.39. The third kappa shape index (κ3) is 5.28. The third-order valence-corrected chi connectivity index (χ3v) is 4.37. The molecule has 0 aliphatic rings. The van der Waals surface area contributed by atoms with Crippen molar-refractivity contribution in [2.45, 2.75) is 6.61 Å². The lowest BCUT2D eigenvalue weighted by Gasteiger charge is -2.11. The van der Waals surface area contributed by atoms with Gasteiger partial charge in [-0.25, -0.2) is 4.79 Å². The van der Waals surface area contributed by atoms with E-state index in [2.05, 4.69) is 15.9 Å². The number of para-hydroxylation sites is 1. The minimum Gasteiger partial charge on any atom is -0.488 e. The average Bonchev–Trinajstić information content (AvgIpc) is 2.71. The van der Waals surface area contributed by atoms with Crippen LogP contribution in [-0.4, -0.2) is 18.4 Å². The van der Waals surface area contributed by atoms with Gasteiger partial charge in [-0.05, 0) is 29.8 Å². The topological polar surface area (TPSA) is 52.6 Å². The molecule has 136 valence electrons. The predicted octanol–water partition coefficient (Wildman–Crippen LogP) is 5.07. The Hall–Kier alpha value is -2.92. The molecule has 5 heteroatoms. The quantitative estimate of drug-likeness (QED) is 0.392. The van der Waals surface area contributed by atoms with Crippen LogP contribution in [0.3, 0.4) is 0 Å². The first-order valence-electron chi connectivity index (χ1n) is 8.35. The second-order valence-electron chi connectivity index (χ2n) is 5.78. The third-order valence-electron chi connectivity index (χ3n) is 3.84. The molecule has 0 heterocycles. The van der Waals surface area contributed by atoms with Gasteiger partial charge in [0.05, 0.1) is 0 Å². The largest absolute Gasteiger partial charge is 0.488 e. The lowest BCUT2D eigenvalue weighted by molar-refractivity contribution is 0.0470.